The lowest BCUT2D eigenvalue weighted by Crippen LogP contribution is -2.42. The first kappa shape index (κ1) is 13.1. The molecule has 1 aliphatic rings. The molecule has 2 aromatic carbocycles. The van der Waals surface area contributed by atoms with E-state index in [0.717, 1.165) is 16.8 Å². The zero-order chi connectivity index (χ0) is 14.8. The lowest BCUT2D eigenvalue weighted by Gasteiger charge is -2.33. The topological polar surface area (TPSA) is 44.1 Å². The van der Waals surface area contributed by atoms with Crippen molar-refractivity contribution in [2.75, 3.05) is 4.90 Å². The third kappa shape index (κ3) is 2.21. The number of hydrogen-bond donors (Lipinski definition) is 0. The number of carbonyl (C=O) groups is 1. The highest BCUT2D eigenvalue weighted by Crippen LogP contribution is 2.33. The first-order valence-corrected chi connectivity index (χ1v) is 6.78. The highest BCUT2D eigenvalue weighted by molar-refractivity contribution is 6.09. The second-order valence-corrected chi connectivity index (χ2v) is 5.02. The second kappa shape index (κ2) is 5.26. The lowest BCUT2D eigenvalue weighted by atomic mass is 9.96. The molecule has 3 rings (SSSR count). The van der Waals surface area contributed by atoms with E-state index in [1.165, 1.54) is 0 Å². The smallest absolute Gasteiger partial charge is 0.259 e. The average Bonchev–Trinajstić information content (AvgIpc) is 2.53. The molecule has 1 amide bonds. The van der Waals surface area contributed by atoms with Gasteiger partial charge < -0.3 is 0 Å². The Morgan fingerprint density at radius 2 is 1.76 bits per heavy atom. The quantitative estimate of drug-likeness (QED) is 0.796. The van der Waals surface area contributed by atoms with Crippen LogP contribution < -0.4 is 4.90 Å². The van der Waals surface area contributed by atoms with Crippen LogP contribution in [0.25, 0.3) is 6.08 Å². The molecule has 0 radical (unpaired) electrons. The summed E-state index contributed by atoms with van der Waals surface area (Å²) in [7, 11) is 0. The summed E-state index contributed by atoms with van der Waals surface area (Å²) in [5.74, 6) is -0.151. The normalized spacial score (nSPS) is 16.7. The highest BCUT2D eigenvalue weighted by atomic mass is 16.2. The fraction of sp³-hybridized carbons (Fsp3) is 0.111. The van der Waals surface area contributed by atoms with E-state index in [9.17, 15) is 10.1 Å². The Morgan fingerprint density at radius 1 is 1.10 bits per heavy atom. The van der Waals surface area contributed by atoms with Crippen molar-refractivity contribution in [1.82, 2.24) is 0 Å². The van der Waals surface area contributed by atoms with Gasteiger partial charge in [-0.15, -0.1) is 0 Å². The van der Waals surface area contributed by atoms with Gasteiger partial charge in [-0.3, -0.25) is 9.69 Å². The molecule has 0 N–H and O–H groups in total. The van der Waals surface area contributed by atoms with E-state index in [1.807, 2.05) is 55.5 Å². The molecule has 1 aliphatic heterocycles. The molecule has 102 valence electrons. The maximum absolute atomic E-state index is 12.8. The Balaban J connectivity index is 2.13. The van der Waals surface area contributed by atoms with E-state index in [1.54, 1.807) is 17.0 Å². The van der Waals surface area contributed by atoms with Crippen molar-refractivity contribution >= 4 is 17.7 Å². The molecule has 0 bridgehead atoms. The third-order valence-corrected chi connectivity index (χ3v) is 3.63. The van der Waals surface area contributed by atoms with Gasteiger partial charge in [0.25, 0.3) is 5.91 Å². The van der Waals surface area contributed by atoms with Crippen LogP contribution in [0.5, 0.6) is 0 Å². The minimum Gasteiger partial charge on any atom is -0.287 e. The second-order valence-electron chi connectivity index (χ2n) is 5.02. The van der Waals surface area contributed by atoms with Gasteiger partial charge in [-0.2, -0.15) is 5.26 Å². The summed E-state index contributed by atoms with van der Waals surface area (Å²) in [6, 6.07) is 18.4. The summed E-state index contributed by atoms with van der Waals surface area (Å²) < 4.78 is 0. The number of benzene rings is 2. The van der Waals surface area contributed by atoms with Crippen molar-refractivity contribution in [1.29, 1.82) is 5.26 Å². The Labute approximate surface area is 123 Å². The molecule has 0 aromatic heterocycles. The number of hydrogen-bond acceptors (Lipinski definition) is 2. The number of carbonyl (C=O) groups excluding carboxylic acids is 1. The van der Waals surface area contributed by atoms with Crippen molar-refractivity contribution < 1.29 is 4.79 Å². The molecule has 3 heteroatoms. The van der Waals surface area contributed by atoms with Crippen LogP contribution in [-0.2, 0) is 0 Å². The Morgan fingerprint density at radius 3 is 2.48 bits per heavy atom. The van der Waals surface area contributed by atoms with Crippen LogP contribution in [0.2, 0.25) is 0 Å². The Hall–Kier alpha value is -2.86. The minimum absolute atomic E-state index is 0.151. The standard InChI is InChI=1S/C18H14N2O/c1-13-11-15-9-5-6-10-16(15)20(17(13)12-19)18(21)14-7-3-2-4-8-14/h2-11,17H,1H3. The van der Waals surface area contributed by atoms with Crippen LogP contribution in [0.15, 0.2) is 60.2 Å². The largest absolute Gasteiger partial charge is 0.287 e. The van der Waals surface area contributed by atoms with Gasteiger partial charge in [-0.05, 0) is 36.3 Å². The summed E-state index contributed by atoms with van der Waals surface area (Å²) in [4.78, 5) is 14.4. The van der Waals surface area contributed by atoms with Crippen molar-refractivity contribution in [2.24, 2.45) is 0 Å². The van der Waals surface area contributed by atoms with Gasteiger partial charge in [0, 0.05) is 5.56 Å². The summed E-state index contributed by atoms with van der Waals surface area (Å²) in [6.07, 6.45) is 1.97. The minimum atomic E-state index is -0.562. The predicted octanol–water partition coefficient (Wildman–Crippen LogP) is 3.64. The Kier molecular flexibility index (Phi) is 3.29. The molecule has 21 heavy (non-hydrogen) atoms. The zero-order valence-electron chi connectivity index (χ0n) is 11.7. The molecular weight excluding hydrogens is 260 g/mol. The number of fused-ring (bicyclic) bond motifs is 1. The van der Waals surface area contributed by atoms with E-state index < -0.39 is 6.04 Å². The zero-order valence-corrected chi connectivity index (χ0v) is 11.7. The van der Waals surface area contributed by atoms with Crippen LogP contribution in [0.3, 0.4) is 0 Å². The summed E-state index contributed by atoms with van der Waals surface area (Å²) >= 11 is 0. The maximum Gasteiger partial charge on any atom is 0.259 e. The number of rotatable bonds is 1. The van der Waals surface area contributed by atoms with E-state index in [-0.39, 0.29) is 5.91 Å². The van der Waals surface area contributed by atoms with Crippen molar-refractivity contribution in [3.63, 3.8) is 0 Å². The van der Waals surface area contributed by atoms with E-state index in [2.05, 4.69) is 6.07 Å². The van der Waals surface area contributed by atoms with Crippen LogP contribution in [0.1, 0.15) is 22.8 Å². The number of nitrogens with zero attached hydrogens (tertiary/aromatic N) is 2. The molecular formula is C18H14N2O. The van der Waals surface area contributed by atoms with E-state index in [4.69, 9.17) is 0 Å². The van der Waals surface area contributed by atoms with Crippen LogP contribution >= 0.6 is 0 Å². The highest BCUT2D eigenvalue weighted by Gasteiger charge is 2.31. The van der Waals surface area contributed by atoms with Gasteiger partial charge in [0.2, 0.25) is 0 Å². The van der Waals surface area contributed by atoms with E-state index >= 15 is 0 Å². The first-order chi connectivity index (χ1) is 10.2. The predicted molar refractivity (Wildman–Crippen MR) is 82.7 cm³/mol. The molecule has 1 heterocycles. The Bertz CT molecular complexity index is 756. The molecule has 0 saturated carbocycles. The third-order valence-electron chi connectivity index (χ3n) is 3.63. The molecule has 1 unspecified atom stereocenters. The van der Waals surface area contributed by atoms with E-state index in [0.29, 0.717) is 5.56 Å². The molecule has 1 atom stereocenters. The number of anilines is 1. The maximum atomic E-state index is 12.8. The van der Waals surface area contributed by atoms with Crippen LogP contribution in [-0.4, -0.2) is 11.9 Å². The first-order valence-electron chi connectivity index (χ1n) is 6.78. The van der Waals surface area contributed by atoms with Crippen molar-refractivity contribution in [3.8, 4) is 6.07 Å². The fourth-order valence-electron chi connectivity index (χ4n) is 2.60. The number of nitriles is 1. The van der Waals surface area contributed by atoms with Crippen molar-refractivity contribution in [2.45, 2.75) is 13.0 Å². The SMILES string of the molecule is CC1=Cc2ccccc2N(C(=O)c2ccccc2)C1C#N. The van der Waals surface area contributed by atoms with Gasteiger partial charge in [0.15, 0.2) is 0 Å². The fourth-order valence-corrected chi connectivity index (χ4v) is 2.60. The molecule has 3 nitrogen and oxygen atoms in total. The molecule has 0 fully saturated rings. The monoisotopic (exact) mass is 274 g/mol. The van der Waals surface area contributed by atoms with Gasteiger partial charge >= 0.3 is 0 Å². The molecule has 2 aromatic rings. The van der Waals surface area contributed by atoms with Crippen molar-refractivity contribution in [3.05, 3.63) is 71.3 Å². The lowest BCUT2D eigenvalue weighted by molar-refractivity contribution is 0.0984. The number of amides is 1. The summed E-state index contributed by atoms with van der Waals surface area (Å²) in [6.45, 7) is 1.88. The van der Waals surface area contributed by atoms with Gasteiger partial charge in [0.1, 0.15) is 6.04 Å². The summed E-state index contributed by atoms with van der Waals surface area (Å²) in [5, 5.41) is 9.47. The number of para-hydroxylation sites is 1. The molecule has 0 spiro atoms. The molecule has 0 aliphatic carbocycles. The van der Waals surface area contributed by atoms with Crippen LogP contribution in [0, 0.1) is 11.3 Å². The van der Waals surface area contributed by atoms with Gasteiger partial charge in [-0.25, -0.2) is 0 Å². The van der Waals surface area contributed by atoms with Gasteiger partial charge in [-0.1, -0.05) is 42.5 Å². The average molecular weight is 274 g/mol. The summed E-state index contributed by atoms with van der Waals surface area (Å²) in [5.41, 5.74) is 3.21. The molecule has 0 saturated heterocycles. The van der Waals surface area contributed by atoms with Crippen LogP contribution in [0.4, 0.5) is 5.69 Å². The van der Waals surface area contributed by atoms with Gasteiger partial charge in [0.05, 0.1) is 11.8 Å².